The van der Waals surface area contributed by atoms with Crippen molar-refractivity contribution >= 4 is 28.8 Å². The van der Waals surface area contributed by atoms with Crippen molar-refractivity contribution < 1.29 is 14.8 Å². The summed E-state index contributed by atoms with van der Waals surface area (Å²) in [4.78, 5) is 28.6. The number of nitrogens with one attached hydrogen (secondary N) is 1. The predicted octanol–water partition coefficient (Wildman–Crippen LogP) is 1.76. The van der Waals surface area contributed by atoms with Crippen LogP contribution in [-0.2, 0) is 6.54 Å². The summed E-state index contributed by atoms with van der Waals surface area (Å²) in [6, 6.07) is 2.80. The molecule has 2 N–H and O–H groups in total. The topological polar surface area (TPSA) is 118 Å². The molecule has 98 valence electrons. The van der Waals surface area contributed by atoms with Crippen LogP contribution in [0.4, 0.5) is 11.5 Å². The summed E-state index contributed by atoms with van der Waals surface area (Å²) in [5.74, 6) is -0.981. The molecule has 9 heteroatoms. The Hall–Kier alpha value is -2.55. The maximum Gasteiger partial charge on any atom is 0.355 e. The molecule has 0 spiro atoms. The van der Waals surface area contributed by atoms with Crippen LogP contribution < -0.4 is 5.32 Å². The number of hydrogen-bond donors (Lipinski definition) is 2. The largest absolute Gasteiger partial charge is 0.476 e. The van der Waals surface area contributed by atoms with Gasteiger partial charge in [0.2, 0.25) is 5.82 Å². The van der Waals surface area contributed by atoms with Gasteiger partial charge in [0, 0.05) is 17.6 Å². The van der Waals surface area contributed by atoms with E-state index in [1.54, 1.807) is 0 Å². The van der Waals surface area contributed by atoms with E-state index in [4.69, 9.17) is 5.11 Å². The summed E-state index contributed by atoms with van der Waals surface area (Å²) < 4.78 is 0. The zero-order chi connectivity index (χ0) is 13.8. The zero-order valence-electron chi connectivity index (χ0n) is 9.44. The number of hydrogen-bond acceptors (Lipinski definition) is 7. The molecule has 2 heterocycles. The molecule has 0 radical (unpaired) electrons. The highest BCUT2D eigenvalue weighted by molar-refractivity contribution is 7.09. The van der Waals surface area contributed by atoms with Crippen LogP contribution >= 0.6 is 11.3 Å². The Bertz CT molecular complexity index is 627. The molecule has 0 unspecified atom stereocenters. The van der Waals surface area contributed by atoms with Crippen LogP contribution in [0, 0.1) is 10.1 Å². The molecule has 2 aromatic heterocycles. The average molecular weight is 280 g/mol. The molecule has 2 rings (SSSR count). The number of aromatic carboxylic acids is 1. The molecule has 0 fully saturated rings. The molecule has 0 aliphatic heterocycles. The number of carboxylic acids is 1. The number of anilines is 1. The summed E-state index contributed by atoms with van der Waals surface area (Å²) >= 11 is 1.16. The summed E-state index contributed by atoms with van der Waals surface area (Å²) in [5.41, 5.74) is -0.185. The minimum Gasteiger partial charge on any atom is -0.476 e. The first-order chi connectivity index (χ1) is 9.08. The summed E-state index contributed by atoms with van der Waals surface area (Å²) in [6.45, 7) is 0.176. The Labute approximate surface area is 110 Å². The van der Waals surface area contributed by atoms with Gasteiger partial charge in [0.25, 0.3) is 0 Å². The second-order valence-electron chi connectivity index (χ2n) is 3.41. The quantitative estimate of drug-likeness (QED) is 0.632. The fourth-order valence-corrected chi connectivity index (χ4v) is 2.04. The normalized spacial score (nSPS) is 10.1. The third-order valence-electron chi connectivity index (χ3n) is 2.16. The number of rotatable bonds is 5. The monoisotopic (exact) mass is 280 g/mol. The van der Waals surface area contributed by atoms with Crippen LogP contribution in [0.1, 0.15) is 15.5 Å². The molecule has 0 amide bonds. The van der Waals surface area contributed by atoms with Crippen LogP contribution in [0.25, 0.3) is 0 Å². The van der Waals surface area contributed by atoms with Crippen molar-refractivity contribution in [2.45, 2.75) is 6.54 Å². The van der Waals surface area contributed by atoms with Gasteiger partial charge in [0.05, 0.1) is 11.5 Å². The molecular weight excluding hydrogens is 272 g/mol. The van der Waals surface area contributed by atoms with Gasteiger partial charge in [-0.1, -0.05) is 0 Å². The number of thiazole rings is 1. The van der Waals surface area contributed by atoms with E-state index in [0.717, 1.165) is 11.3 Å². The number of carboxylic acid groups (broad SMARTS) is 1. The highest BCUT2D eigenvalue weighted by Gasteiger charge is 2.14. The van der Waals surface area contributed by atoms with E-state index >= 15 is 0 Å². The molecule has 0 aromatic carbocycles. The van der Waals surface area contributed by atoms with Gasteiger partial charge in [-0.05, 0) is 6.07 Å². The van der Waals surface area contributed by atoms with Gasteiger partial charge in [0.1, 0.15) is 5.01 Å². The Kier molecular flexibility index (Phi) is 3.66. The van der Waals surface area contributed by atoms with Crippen molar-refractivity contribution in [2.24, 2.45) is 0 Å². The second kappa shape index (κ2) is 5.40. The Balaban J connectivity index is 2.10. The van der Waals surface area contributed by atoms with E-state index < -0.39 is 10.9 Å². The van der Waals surface area contributed by atoms with E-state index in [1.165, 1.54) is 23.7 Å². The van der Waals surface area contributed by atoms with Crippen LogP contribution in [0.5, 0.6) is 0 Å². The number of aromatic nitrogens is 2. The van der Waals surface area contributed by atoms with E-state index in [1.807, 2.05) is 0 Å². The van der Waals surface area contributed by atoms with E-state index in [2.05, 4.69) is 15.3 Å². The van der Waals surface area contributed by atoms with E-state index in [0.29, 0.717) is 5.01 Å². The minimum atomic E-state index is -1.11. The highest BCUT2D eigenvalue weighted by Crippen LogP contribution is 2.21. The van der Waals surface area contributed by atoms with Gasteiger partial charge in [-0.2, -0.15) is 0 Å². The maximum absolute atomic E-state index is 10.8. The number of nitrogens with zero attached hydrogens (tertiary/aromatic N) is 3. The summed E-state index contributed by atoms with van der Waals surface area (Å²) in [6.07, 6.45) is 1.43. The fourth-order valence-electron chi connectivity index (χ4n) is 1.33. The first-order valence-electron chi connectivity index (χ1n) is 5.09. The number of nitro groups is 1. The van der Waals surface area contributed by atoms with Crippen LogP contribution in [-0.4, -0.2) is 26.0 Å². The minimum absolute atomic E-state index is 0.0441. The lowest BCUT2D eigenvalue weighted by molar-refractivity contribution is -0.384. The van der Waals surface area contributed by atoms with Gasteiger partial charge in [-0.15, -0.1) is 11.3 Å². The molecular formula is C10H8N4O4S. The molecule has 0 saturated carbocycles. The molecule has 0 saturated heterocycles. The summed E-state index contributed by atoms with van der Waals surface area (Å²) in [5, 5.41) is 24.2. The zero-order valence-corrected chi connectivity index (χ0v) is 10.3. The lowest BCUT2D eigenvalue weighted by Crippen LogP contribution is -2.05. The van der Waals surface area contributed by atoms with Gasteiger partial charge in [-0.3, -0.25) is 10.1 Å². The average Bonchev–Trinajstić information content (AvgIpc) is 2.85. The smallest absolute Gasteiger partial charge is 0.355 e. The molecule has 8 nitrogen and oxygen atoms in total. The van der Waals surface area contributed by atoms with Crippen molar-refractivity contribution in [2.75, 3.05) is 5.32 Å². The van der Waals surface area contributed by atoms with Crippen molar-refractivity contribution in [1.82, 2.24) is 9.97 Å². The third-order valence-corrected chi connectivity index (χ3v) is 3.01. The maximum atomic E-state index is 10.8. The molecule has 0 aliphatic rings. The fraction of sp³-hybridized carbons (Fsp3) is 0.100. The number of carbonyl (C=O) groups is 1. The van der Waals surface area contributed by atoms with Crippen molar-refractivity contribution in [3.63, 3.8) is 0 Å². The molecule has 2 aromatic rings. The van der Waals surface area contributed by atoms with Crippen LogP contribution in [0.3, 0.4) is 0 Å². The highest BCUT2D eigenvalue weighted by atomic mass is 32.1. The molecule has 0 bridgehead atoms. The second-order valence-corrected chi connectivity index (χ2v) is 4.36. The Morgan fingerprint density at radius 1 is 1.58 bits per heavy atom. The molecule has 19 heavy (non-hydrogen) atoms. The first kappa shape index (κ1) is 12.9. The van der Waals surface area contributed by atoms with Gasteiger partial charge >= 0.3 is 11.7 Å². The standard InChI is InChI=1S/C10H8N4O4S/c15-10(16)6-5-19-8(13-6)4-12-9-7(14(17)18)2-1-3-11-9/h1-3,5H,4H2,(H,11,12)(H,15,16). The van der Waals surface area contributed by atoms with Crippen LogP contribution in [0.15, 0.2) is 23.7 Å². The SMILES string of the molecule is O=C(O)c1csc(CNc2ncccc2[N+](=O)[O-])n1. The van der Waals surface area contributed by atoms with E-state index in [-0.39, 0.29) is 23.7 Å². The lowest BCUT2D eigenvalue weighted by Gasteiger charge is -2.03. The molecule has 0 aliphatic carbocycles. The first-order valence-corrected chi connectivity index (χ1v) is 5.97. The third kappa shape index (κ3) is 3.01. The van der Waals surface area contributed by atoms with Gasteiger partial charge < -0.3 is 10.4 Å². The van der Waals surface area contributed by atoms with Crippen molar-refractivity contribution in [1.29, 1.82) is 0 Å². The van der Waals surface area contributed by atoms with Gasteiger partial charge in [0.15, 0.2) is 5.69 Å². The van der Waals surface area contributed by atoms with Crippen LogP contribution in [0.2, 0.25) is 0 Å². The summed E-state index contributed by atoms with van der Waals surface area (Å²) in [7, 11) is 0. The number of pyridine rings is 1. The Morgan fingerprint density at radius 3 is 3.00 bits per heavy atom. The van der Waals surface area contributed by atoms with Crippen molar-refractivity contribution in [3.05, 3.63) is 44.5 Å². The molecule has 0 atom stereocenters. The Morgan fingerprint density at radius 2 is 2.37 bits per heavy atom. The lowest BCUT2D eigenvalue weighted by atomic mass is 10.4. The van der Waals surface area contributed by atoms with Gasteiger partial charge in [-0.25, -0.2) is 14.8 Å². The van der Waals surface area contributed by atoms with Crippen molar-refractivity contribution in [3.8, 4) is 0 Å². The van der Waals surface area contributed by atoms with E-state index in [9.17, 15) is 14.9 Å². The predicted molar refractivity (Wildman–Crippen MR) is 67.3 cm³/mol.